The molecule has 1 amide bonds. The molecule has 0 aliphatic heterocycles. The van der Waals surface area contributed by atoms with Crippen LogP contribution in [0.5, 0.6) is 0 Å². The number of amides is 1. The van der Waals surface area contributed by atoms with Gasteiger partial charge in [-0.2, -0.15) is 5.10 Å². The van der Waals surface area contributed by atoms with Gasteiger partial charge in [-0.25, -0.2) is 8.42 Å². The van der Waals surface area contributed by atoms with Crippen LogP contribution in [0.2, 0.25) is 0 Å². The van der Waals surface area contributed by atoms with E-state index in [1.165, 1.54) is 4.68 Å². The zero-order valence-corrected chi connectivity index (χ0v) is 21.1. The summed E-state index contributed by atoms with van der Waals surface area (Å²) in [6, 6.07) is 13.0. The third kappa shape index (κ3) is 5.27. The highest BCUT2D eigenvalue weighted by molar-refractivity contribution is 7.93. The van der Waals surface area contributed by atoms with Gasteiger partial charge in [0.2, 0.25) is 5.91 Å². The summed E-state index contributed by atoms with van der Waals surface area (Å²) in [4.78, 5) is 13.1. The molecule has 2 aromatic carbocycles. The van der Waals surface area contributed by atoms with Crippen LogP contribution in [-0.2, 0) is 21.9 Å². The summed E-state index contributed by atoms with van der Waals surface area (Å²) in [5.74, 6) is -0.115. The first-order valence-corrected chi connectivity index (χ1v) is 12.3. The highest BCUT2D eigenvalue weighted by atomic mass is 32.2. The lowest BCUT2D eigenvalue weighted by Crippen LogP contribution is -2.38. The third-order valence-corrected chi connectivity index (χ3v) is 7.66. The quantitative estimate of drug-likeness (QED) is 0.549. The summed E-state index contributed by atoms with van der Waals surface area (Å²) in [5.41, 5.74) is 5.10. The summed E-state index contributed by atoms with van der Waals surface area (Å²) in [6.45, 7) is 11.1. The van der Waals surface area contributed by atoms with Gasteiger partial charge in [-0.05, 0) is 74.6 Å². The minimum Gasteiger partial charge on any atom is -0.324 e. The molecule has 0 bridgehead atoms. The average molecular weight is 469 g/mol. The fourth-order valence-corrected chi connectivity index (χ4v) is 5.78. The van der Waals surface area contributed by atoms with Crippen molar-refractivity contribution in [2.75, 3.05) is 16.2 Å². The SMILES string of the molecule is Cc1cc(C)cc(NC(=O)CN(c2ccc(C(C)C)cc2)S(=O)(=O)c2c(C)nn(C)c2C)c1. The van der Waals surface area contributed by atoms with Crippen molar-refractivity contribution >= 4 is 27.3 Å². The molecule has 7 nitrogen and oxygen atoms in total. The highest BCUT2D eigenvalue weighted by Gasteiger charge is 2.32. The molecule has 0 radical (unpaired) electrons. The molecule has 33 heavy (non-hydrogen) atoms. The summed E-state index contributed by atoms with van der Waals surface area (Å²) in [7, 11) is -2.34. The van der Waals surface area contributed by atoms with Gasteiger partial charge in [0.25, 0.3) is 10.0 Å². The van der Waals surface area contributed by atoms with E-state index in [0.717, 1.165) is 21.0 Å². The minimum atomic E-state index is -4.04. The van der Waals surface area contributed by atoms with E-state index >= 15 is 0 Å². The predicted octanol–water partition coefficient (Wildman–Crippen LogP) is 4.61. The fraction of sp³-hybridized carbons (Fsp3) is 0.360. The molecule has 3 aromatic rings. The lowest BCUT2D eigenvalue weighted by molar-refractivity contribution is -0.114. The van der Waals surface area contributed by atoms with Crippen molar-refractivity contribution < 1.29 is 13.2 Å². The molecule has 0 saturated carbocycles. The first-order chi connectivity index (χ1) is 15.4. The van der Waals surface area contributed by atoms with Gasteiger partial charge in [0.1, 0.15) is 11.4 Å². The van der Waals surface area contributed by atoms with Crippen LogP contribution in [0.1, 0.15) is 47.8 Å². The Morgan fingerprint density at radius 1 is 1.03 bits per heavy atom. The average Bonchev–Trinajstić information content (AvgIpc) is 2.97. The normalized spacial score (nSPS) is 11.6. The van der Waals surface area contributed by atoms with E-state index < -0.39 is 15.9 Å². The lowest BCUT2D eigenvalue weighted by Gasteiger charge is -2.25. The maximum atomic E-state index is 13.8. The molecule has 0 spiro atoms. The first kappa shape index (κ1) is 24.5. The van der Waals surface area contributed by atoms with Gasteiger partial charge in [-0.1, -0.05) is 32.0 Å². The second kappa shape index (κ2) is 9.39. The number of nitrogens with one attached hydrogen (secondary N) is 1. The first-order valence-electron chi connectivity index (χ1n) is 10.9. The second-order valence-electron chi connectivity index (χ2n) is 8.81. The Kier molecular flexibility index (Phi) is 6.97. The van der Waals surface area contributed by atoms with Gasteiger partial charge >= 0.3 is 0 Å². The van der Waals surface area contributed by atoms with Crippen molar-refractivity contribution in [2.24, 2.45) is 7.05 Å². The van der Waals surface area contributed by atoms with E-state index in [2.05, 4.69) is 24.3 Å². The molecule has 3 rings (SSSR count). The van der Waals surface area contributed by atoms with E-state index in [9.17, 15) is 13.2 Å². The van der Waals surface area contributed by atoms with E-state index in [4.69, 9.17) is 0 Å². The van der Waals surface area contributed by atoms with E-state index in [1.807, 2.05) is 44.2 Å². The Hall–Kier alpha value is -3.13. The van der Waals surface area contributed by atoms with Crippen molar-refractivity contribution in [1.29, 1.82) is 0 Å². The van der Waals surface area contributed by atoms with Crippen molar-refractivity contribution in [3.63, 3.8) is 0 Å². The number of carbonyl (C=O) groups is 1. The van der Waals surface area contributed by atoms with Gasteiger partial charge in [0, 0.05) is 12.7 Å². The van der Waals surface area contributed by atoms with E-state index in [0.29, 0.717) is 28.7 Å². The fourth-order valence-electron chi connectivity index (χ4n) is 3.96. The van der Waals surface area contributed by atoms with E-state index in [1.54, 1.807) is 33.0 Å². The molecule has 0 fully saturated rings. The Labute approximate surface area is 196 Å². The maximum absolute atomic E-state index is 13.8. The third-order valence-electron chi connectivity index (χ3n) is 5.63. The molecular weight excluding hydrogens is 436 g/mol. The summed E-state index contributed by atoms with van der Waals surface area (Å²) >= 11 is 0. The zero-order chi connectivity index (χ0) is 24.5. The number of aromatic nitrogens is 2. The number of carbonyl (C=O) groups excluding carboxylic acids is 1. The maximum Gasteiger partial charge on any atom is 0.268 e. The number of aryl methyl sites for hydroxylation is 4. The number of sulfonamides is 1. The Balaban J connectivity index is 2.02. The molecule has 0 atom stereocenters. The summed E-state index contributed by atoms with van der Waals surface area (Å²) < 4.78 is 30.3. The number of anilines is 2. The van der Waals surface area contributed by atoms with Crippen LogP contribution in [0.15, 0.2) is 47.4 Å². The van der Waals surface area contributed by atoms with Crippen molar-refractivity contribution in [1.82, 2.24) is 9.78 Å². The van der Waals surface area contributed by atoms with Gasteiger partial charge in [0.05, 0.1) is 17.1 Å². The van der Waals surface area contributed by atoms with Crippen molar-refractivity contribution in [2.45, 2.75) is 52.4 Å². The molecule has 0 unspecified atom stereocenters. The van der Waals surface area contributed by atoms with Gasteiger partial charge in [0.15, 0.2) is 0 Å². The monoisotopic (exact) mass is 468 g/mol. The Morgan fingerprint density at radius 2 is 1.61 bits per heavy atom. The largest absolute Gasteiger partial charge is 0.324 e. The van der Waals surface area contributed by atoms with Crippen LogP contribution in [0.3, 0.4) is 0 Å². The number of rotatable bonds is 7. The predicted molar refractivity (Wildman–Crippen MR) is 132 cm³/mol. The molecule has 0 aliphatic carbocycles. The van der Waals surface area contributed by atoms with Crippen LogP contribution in [0, 0.1) is 27.7 Å². The number of benzene rings is 2. The summed E-state index contributed by atoms with van der Waals surface area (Å²) in [6.07, 6.45) is 0. The van der Waals surface area contributed by atoms with Crippen molar-refractivity contribution in [3.8, 4) is 0 Å². The molecule has 0 saturated heterocycles. The van der Waals surface area contributed by atoms with Gasteiger partial charge in [-0.3, -0.25) is 13.8 Å². The van der Waals surface area contributed by atoms with Crippen LogP contribution in [-0.4, -0.2) is 30.7 Å². The molecule has 0 aliphatic rings. The van der Waals surface area contributed by atoms with E-state index in [-0.39, 0.29) is 11.4 Å². The second-order valence-corrected chi connectivity index (χ2v) is 10.6. The Morgan fingerprint density at radius 3 is 2.09 bits per heavy atom. The van der Waals surface area contributed by atoms with Gasteiger partial charge < -0.3 is 5.32 Å². The molecule has 176 valence electrons. The molecule has 1 N–H and O–H groups in total. The Bertz CT molecular complexity index is 1260. The van der Waals surface area contributed by atoms with Crippen molar-refractivity contribution in [3.05, 3.63) is 70.5 Å². The number of hydrogen-bond acceptors (Lipinski definition) is 4. The highest BCUT2D eigenvalue weighted by Crippen LogP contribution is 2.29. The standard InChI is InChI=1S/C25H32N4O3S/c1-16(2)21-8-10-23(11-9-21)29(33(31,32)25-19(5)27-28(7)20(25)6)15-24(30)26-22-13-17(3)12-18(4)14-22/h8-14,16H,15H2,1-7H3,(H,26,30). The number of nitrogens with zero attached hydrogens (tertiary/aromatic N) is 3. The molecule has 8 heteroatoms. The topological polar surface area (TPSA) is 84.3 Å². The summed E-state index contributed by atoms with van der Waals surface area (Å²) in [5, 5.41) is 7.11. The van der Waals surface area contributed by atoms with Crippen LogP contribution < -0.4 is 9.62 Å². The lowest BCUT2D eigenvalue weighted by atomic mass is 10.0. The molecule has 1 heterocycles. The molecule has 1 aromatic heterocycles. The van der Waals surface area contributed by atoms with Crippen LogP contribution >= 0.6 is 0 Å². The smallest absolute Gasteiger partial charge is 0.268 e. The minimum absolute atomic E-state index is 0.122. The van der Waals surface area contributed by atoms with Crippen LogP contribution in [0.25, 0.3) is 0 Å². The number of hydrogen-bond donors (Lipinski definition) is 1. The molecular formula is C25H32N4O3S. The van der Waals surface area contributed by atoms with Gasteiger partial charge in [-0.15, -0.1) is 0 Å². The zero-order valence-electron chi connectivity index (χ0n) is 20.3. The van der Waals surface area contributed by atoms with Crippen LogP contribution in [0.4, 0.5) is 11.4 Å².